The van der Waals surface area contributed by atoms with Crippen LogP contribution in [0.2, 0.25) is 0 Å². The van der Waals surface area contributed by atoms with Crippen molar-refractivity contribution in [2.24, 2.45) is 5.11 Å². The van der Waals surface area contributed by atoms with Gasteiger partial charge >= 0.3 is 29.8 Å². The summed E-state index contributed by atoms with van der Waals surface area (Å²) in [5, 5.41) is 12.7. The molecule has 0 aliphatic carbocycles. The number of carbonyl (C=O) groups is 5. The number of carboxylic acids is 1. The molecule has 1 aliphatic heterocycles. The molecule has 0 aromatic rings. The van der Waals surface area contributed by atoms with E-state index in [9.17, 15) is 29.1 Å². The number of aliphatic carboxylic acids is 1. The molecule has 172 valence electrons. The lowest BCUT2D eigenvalue weighted by atomic mass is 9.97. The number of ether oxygens (including phenoxy) is 6. The van der Waals surface area contributed by atoms with Gasteiger partial charge in [-0.2, -0.15) is 0 Å². The molecular weight excluding hydrogens is 426 g/mol. The zero-order valence-corrected chi connectivity index (χ0v) is 17.0. The van der Waals surface area contributed by atoms with Gasteiger partial charge in [-0.3, -0.25) is 19.2 Å². The SMILES string of the molecule is COC(=O)[C@H](CO[C@H]1O[C@H](C(=O)O)[C@@H](OC(C)=O)[C@H](OC(C)=O)[C@H]1OC(C)=O)N=[N+]=[N-]. The Balaban J connectivity index is 3.32. The highest BCUT2D eigenvalue weighted by molar-refractivity contribution is 5.76. The quantitative estimate of drug-likeness (QED) is 0.155. The smallest absolute Gasteiger partial charge is 0.337 e. The summed E-state index contributed by atoms with van der Waals surface area (Å²) >= 11 is 0. The number of hydrogen-bond acceptors (Lipinski definition) is 12. The third kappa shape index (κ3) is 7.40. The number of hydrogen-bond donors (Lipinski definition) is 1. The number of carboxylic acid groups (broad SMARTS) is 1. The molecule has 1 heterocycles. The molecule has 0 unspecified atom stereocenters. The summed E-state index contributed by atoms with van der Waals surface area (Å²) in [5.41, 5.74) is 8.57. The molecule has 1 rings (SSSR count). The number of esters is 4. The van der Waals surface area contributed by atoms with Gasteiger partial charge in [0, 0.05) is 25.7 Å². The molecule has 15 heteroatoms. The van der Waals surface area contributed by atoms with Crippen LogP contribution < -0.4 is 0 Å². The van der Waals surface area contributed by atoms with Gasteiger partial charge < -0.3 is 33.5 Å². The van der Waals surface area contributed by atoms with Crippen molar-refractivity contribution in [3.63, 3.8) is 0 Å². The summed E-state index contributed by atoms with van der Waals surface area (Å²) in [6, 6.07) is -1.49. The van der Waals surface area contributed by atoms with Gasteiger partial charge in [-0.05, 0) is 5.53 Å². The second kappa shape index (κ2) is 11.7. The van der Waals surface area contributed by atoms with Crippen LogP contribution in [-0.4, -0.2) is 85.4 Å². The van der Waals surface area contributed by atoms with E-state index in [2.05, 4.69) is 14.8 Å². The van der Waals surface area contributed by atoms with Crippen LogP contribution >= 0.6 is 0 Å². The third-order valence-corrected chi connectivity index (χ3v) is 3.73. The summed E-state index contributed by atoms with van der Waals surface area (Å²) in [7, 11) is 1.03. The summed E-state index contributed by atoms with van der Waals surface area (Å²) < 4.78 is 30.1. The fourth-order valence-electron chi connectivity index (χ4n) is 2.64. The molecule has 0 aromatic carbocycles. The van der Waals surface area contributed by atoms with Gasteiger partial charge in [-0.1, -0.05) is 5.11 Å². The normalized spacial score (nSPS) is 25.9. The molecule has 0 spiro atoms. The van der Waals surface area contributed by atoms with Gasteiger partial charge in [0.2, 0.25) is 0 Å². The lowest BCUT2D eigenvalue weighted by molar-refractivity contribution is -0.301. The second-order valence-corrected chi connectivity index (χ2v) is 6.06. The number of azide groups is 1. The molecule has 0 bridgehead atoms. The fraction of sp³-hybridized carbons (Fsp3) is 0.688. The lowest BCUT2D eigenvalue weighted by Gasteiger charge is -2.42. The van der Waals surface area contributed by atoms with Crippen LogP contribution in [0.3, 0.4) is 0 Å². The van der Waals surface area contributed by atoms with E-state index in [0.717, 1.165) is 27.9 Å². The minimum absolute atomic E-state index is 0.670. The minimum atomic E-state index is -1.90. The monoisotopic (exact) mass is 447 g/mol. The molecule has 0 aromatic heterocycles. The van der Waals surface area contributed by atoms with Crippen LogP contribution in [0.15, 0.2) is 5.11 Å². The Labute approximate surface area is 175 Å². The number of methoxy groups -OCH3 is 1. The third-order valence-electron chi connectivity index (χ3n) is 3.73. The Bertz CT molecular complexity index is 765. The number of nitrogens with zero attached hydrogens (tertiary/aromatic N) is 3. The van der Waals surface area contributed by atoms with Crippen molar-refractivity contribution in [1.82, 2.24) is 0 Å². The first kappa shape index (κ1) is 25.6. The molecule has 1 N–H and O–H groups in total. The highest BCUT2D eigenvalue weighted by Gasteiger charge is 2.55. The molecule has 1 aliphatic rings. The van der Waals surface area contributed by atoms with Crippen molar-refractivity contribution in [3.8, 4) is 0 Å². The lowest BCUT2D eigenvalue weighted by Crippen LogP contribution is -2.63. The fourth-order valence-corrected chi connectivity index (χ4v) is 2.64. The van der Waals surface area contributed by atoms with Gasteiger partial charge in [0.05, 0.1) is 13.7 Å². The topological polar surface area (TPSA) is 210 Å². The van der Waals surface area contributed by atoms with Crippen LogP contribution in [0.4, 0.5) is 0 Å². The number of carbonyl (C=O) groups excluding carboxylic acids is 4. The van der Waals surface area contributed by atoms with Crippen molar-refractivity contribution in [2.75, 3.05) is 13.7 Å². The van der Waals surface area contributed by atoms with Gasteiger partial charge in [0.25, 0.3) is 0 Å². The summed E-state index contributed by atoms with van der Waals surface area (Å²) in [6.07, 6.45) is -8.56. The van der Waals surface area contributed by atoms with Gasteiger partial charge in [0.1, 0.15) is 0 Å². The van der Waals surface area contributed by atoms with Gasteiger partial charge in [-0.15, -0.1) is 0 Å². The highest BCUT2D eigenvalue weighted by atomic mass is 16.7. The van der Waals surface area contributed by atoms with Gasteiger partial charge in [0.15, 0.2) is 36.7 Å². The molecule has 1 saturated heterocycles. The van der Waals surface area contributed by atoms with E-state index in [0.29, 0.717) is 0 Å². The molecule has 0 amide bonds. The predicted molar refractivity (Wildman–Crippen MR) is 93.9 cm³/mol. The van der Waals surface area contributed by atoms with E-state index in [1.54, 1.807) is 0 Å². The first-order chi connectivity index (χ1) is 14.5. The van der Waals surface area contributed by atoms with E-state index in [4.69, 9.17) is 29.2 Å². The van der Waals surface area contributed by atoms with E-state index in [-0.39, 0.29) is 0 Å². The Morgan fingerprint density at radius 1 is 1.00 bits per heavy atom. The molecule has 1 fully saturated rings. The zero-order valence-electron chi connectivity index (χ0n) is 17.0. The molecule has 15 nitrogen and oxygen atoms in total. The van der Waals surface area contributed by atoms with Crippen molar-refractivity contribution >= 4 is 29.8 Å². The number of rotatable bonds is 9. The van der Waals surface area contributed by atoms with Crippen LogP contribution in [-0.2, 0) is 52.4 Å². The highest BCUT2D eigenvalue weighted by Crippen LogP contribution is 2.30. The standard InChI is InChI=1S/C16H21N3O12/c1-6(20)28-10-11(29-7(2)21)13(30-8(3)22)16(31-12(10)14(23)24)27-5-9(18-19-17)15(25)26-4/h9-13,16H,5H2,1-4H3,(H,23,24)/t9-,10-,11-,12-,13+,16-/m0/s1. The molecular formula is C16H21N3O12. The first-order valence-electron chi connectivity index (χ1n) is 8.65. The van der Waals surface area contributed by atoms with Crippen LogP contribution in [0.1, 0.15) is 20.8 Å². The predicted octanol–water partition coefficient (Wildman–Crippen LogP) is -0.540. The maximum absolute atomic E-state index is 11.7. The van der Waals surface area contributed by atoms with Crippen LogP contribution in [0.25, 0.3) is 10.4 Å². The second-order valence-electron chi connectivity index (χ2n) is 6.06. The average Bonchev–Trinajstić information content (AvgIpc) is 2.66. The molecule has 6 atom stereocenters. The average molecular weight is 447 g/mol. The van der Waals surface area contributed by atoms with E-state index in [1.165, 1.54) is 0 Å². The van der Waals surface area contributed by atoms with Crippen molar-refractivity contribution in [3.05, 3.63) is 10.4 Å². The Morgan fingerprint density at radius 3 is 1.97 bits per heavy atom. The molecule has 0 saturated carbocycles. The van der Waals surface area contributed by atoms with Crippen molar-refractivity contribution < 1.29 is 57.5 Å². The summed E-state index contributed by atoms with van der Waals surface area (Å²) in [4.78, 5) is 60.5. The van der Waals surface area contributed by atoms with E-state index >= 15 is 0 Å². The maximum Gasteiger partial charge on any atom is 0.337 e. The Hall–Kier alpha value is -3.42. The van der Waals surface area contributed by atoms with Gasteiger partial charge in [-0.25, -0.2) is 4.79 Å². The van der Waals surface area contributed by atoms with Crippen LogP contribution in [0.5, 0.6) is 0 Å². The first-order valence-corrected chi connectivity index (χ1v) is 8.65. The molecule has 31 heavy (non-hydrogen) atoms. The molecule has 0 radical (unpaired) electrons. The van der Waals surface area contributed by atoms with E-state index in [1.807, 2.05) is 0 Å². The van der Waals surface area contributed by atoms with Crippen LogP contribution in [0, 0.1) is 0 Å². The Kier molecular flexibility index (Phi) is 9.66. The maximum atomic E-state index is 11.7. The van der Waals surface area contributed by atoms with Crippen molar-refractivity contribution in [1.29, 1.82) is 0 Å². The zero-order chi connectivity index (χ0) is 23.7. The summed E-state index contributed by atoms with van der Waals surface area (Å²) in [6.45, 7) is 2.31. The van der Waals surface area contributed by atoms with Crippen molar-refractivity contribution in [2.45, 2.75) is 57.5 Å². The summed E-state index contributed by atoms with van der Waals surface area (Å²) in [5.74, 6) is -5.31. The van der Waals surface area contributed by atoms with E-state index < -0.39 is 73.2 Å². The minimum Gasteiger partial charge on any atom is -0.479 e. The largest absolute Gasteiger partial charge is 0.479 e. The Morgan fingerprint density at radius 2 is 1.52 bits per heavy atom.